The molecular formula is C22H19N3O4S. The van der Waals surface area contributed by atoms with Gasteiger partial charge < -0.3 is 4.74 Å². The second-order valence-electron chi connectivity index (χ2n) is 6.72. The molecule has 1 amide bonds. The van der Waals surface area contributed by atoms with E-state index in [0.29, 0.717) is 24.2 Å². The molecule has 0 bridgehead atoms. The van der Waals surface area contributed by atoms with Gasteiger partial charge in [0, 0.05) is 22.3 Å². The number of nitrogens with one attached hydrogen (secondary N) is 1. The van der Waals surface area contributed by atoms with Gasteiger partial charge in [-0.3, -0.25) is 9.88 Å². The predicted octanol–water partition coefficient (Wildman–Crippen LogP) is 2.83. The zero-order valence-electron chi connectivity index (χ0n) is 16.3. The number of anilines is 1. The van der Waals surface area contributed by atoms with Crippen LogP contribution in [0.5, 0.6) is 0 Å². The van der Waals surface area contributed by atoms with E-state index in [0.717, 1.165) is 16.8 Å². The molecule has 7 nitrogen and oxygen atoms in total. The molecule has 1 fully saturated rings. The van der Waals surface area contributed by atoms with E-state index in [1.807, 2.05) is 25.1 Å². The molecule has 1 aliphatic rings. The van der Waals surface area contributed by atoms with Gasteiger partial charge in [-0.1, -0.05) is 30.0 Å². The molecule has 152 valence electrons. The largest absolute Gasteiger partial charge is 0.447 e. The number of rotatable bonds is 4. The van der Waals surface area contributed by atoms with Gasteiger partial charge in [-0.25, -0.2) is 13.2 Å². The lowest BCUT2D eigenvalue weighted by atomic mass is 10.2. The molecule has 1 N–H and O–H groups in total. The number of para-hydroxylation sites is 1. The summed E-state index contributed by atoms with van der Waals surface area (Å²) >= 11 is 0. The van der Waals surface area contributed by atoms with E-state index in [-0.39, 0.29) is 17.5 Å². The van der Waals surface area contributed by atoms with Crippen LogP contribution in [0.15, 0.2) is 59.5 Å². The molecule has 0 saturated carbocycles. The number of hydrogen-bond acceptors (Lipinski definition) is 5. The minimum absolute atomic E-state index is 0.0370. The summed E-state index contributed by atoms with van der Waals surface area (Å²) in [6, 6.07) is 15.9. The molecule has 30 heavy (non-hydrogen) atoms. The Kier molecular flexibility index (Phi) is 5.40. The summed E-state index contributed by atoms with van der Waals surface area (Å²) in [6.45, 7) is 2.69. The number of amides is 1. The van der Waals surface area contributed by atoms with E-state index in [1.165, 1.54) is 6.07 Å². The fraction of sp³-hybridized carbons (Fsp3) is 0.182. The van der Waals surface area contributed by atoms with Crippen LogP contribution in [0, 0.1) is 18.8 Å². The zero-order chi connectivity index (χ0) is 21.1. The standard InChI is InChI=1S/C22H19N3O4S/c1-16-7-10-18-5-2-6-20(21(18)24-16)30(27,28)23-13-3-4-17-8-11-19(12-9-17)25-14-15-29-22(25)26/h2,5-12,23H,13-15H2,1H3. The maximum absolute atomic E-state index is 12.7. The molecule has 1 aromatic heterocycles. The van der Waals surface area contributed by atoms with Crippen LogP contribution in [0.3, 0.4) is 0 Å². The van der Waals surface area contributed by atoms with Gasteiger partial charge in [0.1, 0.15) is 11.5 Å². The van der Waals surface area contributed by atoms with Gasteiger partial charge >= 0.3 is 6.09 Å². The lowest BCUT2D eigenvalue weighted by Crippen LogP contribution is -2.24. The number of nitrogens with zero attached hydrogens (tertiary/aromatic N) is 2. The van der Waals surface area contributed by atoms with Crippen LogP contribution in [0.2, 0.25) is 0 Å². The molecule has 0 atom stereocenters. The Morgan fingerprint density at radius 3 is 2.67 bits per heavy atom. The number of pyridine rings is 1. The zero-order valence-corrected chi connectivity index (χ0v) is 17.1. The number of sulfonamides is 1. The summed E-state index contributed by atoms with van der Waals surface area (Å²) in [5, 5.41) is 0.761. The molecule has 0 spiro atoms. The Morgan fingerprint density at radius 2 is 1.93 bits per heavy atom. The van der Waals surface area contributed by atoms with Crippen LogP contribution in [-0.4, -0.2) is 39.2 Å². The van der Waals surface area contributed by atoms with Crippen molar-refractivity contribution >= 4 is 32.7 Å². The molecule has 2 aromatic carbocycles. The van der Waals surface area contributed by atoms with Crippen LogP contribution in [0.1, 0.15) is 11.3 Å². The Labute approximate surface area is 174 Å². The third-order valence-electron chi connectivity index (χ3n) is 4.64. The number of benzene rings is 2. The number of fused-ring (bicyclic) bond motifs is 1. The van der Waals surface area contributed by atoms with Crippen molar-refractivity contribution in [3.05, 3.63) is 65.9 Å². The number of aryl methyl sites for hydroxylation is 1. The summed E-state index contributed by atoms with van der Waals surface area (Å²) in [7, 11) is -3.76. The second-order valence-corrected chi connectivity index (χ2v) is 8.46. The fourth-order valence-corrected chi connectivity index (χ4v) is 4.24. The molecule has 0 radical (unpaired) electrons. The average molecular weight is 421 g/mol. The first-order valence-corrected chi connectivity index (χ1v) is 10.8. The van der Waals surface area contributed by atoms with Crippen molar-refractivity contribution in [2.45, 2.75) is 11.8 Å². The Bertz CT molecular complexity index is 1280. The van der Waals surface area contributed by atoms with Gasteiger partial charge in [-0.15, -0.1) is 0 Å². The quantitative estimate of drug-likeness (QED) is 0.655. The fourth-order valence-electron chi connectivity index (χ4n) is 3.14. The molecule has 0 unspecified atom stereocenters. The Balaban J connectivity index is 1.45. The van der Waals surface area contributed by atoms with Gasteiger partial charge in [0.05, 0.1) is 18.6 Å². The predicted molar refractivity (Wildman–Crippen MR) is 114 cm³/mol. The van der Waals surface area contributed by atoms with Gasteiger partial charge in [0.15, 0.2) is 0 Å². The maximum Gasteiger partial charge on any atom is 0.414 e. The highest BCUT2D eigenvalue weighted by atomic mass is 32.2. The van der Waals surface area contributed by atoms with Crippen molar-refractivity contribution in [3.63, 3.8) is 0 Å². The molecule has 4 rings (SSSR count). The molecule has 3 aromatic rings. The maximum atomic E-state index is 12.7. The van der Waals surface area contributed by atoms with Crippen molar-refractivity contribution in [1.29, 1.82) is 0 Å². The van der Waals surface area contributed by atoms with E-state index in [4.69, 9.17) is 4.74 Å². The van der Waals surface area contributed by atoms with E-state index in [2.05, 4.69) is 21.5 Å². The summed E-state index contributed by atoms with van der Waals surface area (Å²) in [5.41, 5.74) is 2.64. The summed E-state index contributed by atoms with van der Waals surface area (Å²) in [4.78, 5) is 17.6. The van der Waals surface area contributed by atoms with Crippen molar-refractivity contribution in [2.24, 2.45) is 0 Å². The third kappa shape index (κ3) is 4.13. The summed E-state index contributed by atoms with van der Waals surface area (Å²) < 4.78 is 32.9. The highest BCUT2D eigenvalue weighted by Crippen LogP contribution is 2.21. The first-order valence-electron chi connectivity index (χ1n) is 9.33. The van der Waals surface area contributed by atoms with Crippen molar-refractivity contribution in [1.82, 2.24) is 9.71 Å². The SMILES string of the molecule is Cc1ccc2cccc(S(=O)(=O)NCC#Cc3ccc(N4CCOC4=O)cc3)c2n1. The lowest BCUT2D eigenvalue weighted by Gasteiger charge is -2.11. The van der Waals surface area contributed by atoms with E-state index in [1.54, 1.807) is 35.2 Å². The molecule has 0 aliphatic carbocycles. The van der Waals surface area contributed by atoms with Gasteiger partial charge in [-0.05, 0) is 43.3 Å². The average Bonchev–Trinajstić information content (AvgIpc) is 3.17. The number of ether oxygens (including phenoxy) is 1. The van der Waals surface area contributed by atoms with Crippen LogP contribution in [0.4, 0.5) is 10.5 Å². The number of cyclic esters (lactones) is 1. The summed E-state index contributed by atoms with van der Waals surface area (Å²) in [5.74, 6) is 5.74. The molecule has 8 heteroatoms. The number of hydrogen-bond donors (Lipinski definition) is 1. The highest BCUT2D eigenvalue weighted by molar-refractivity contribution is 7.89. The van der Waals surface area contributed by atoms with Gasteiger partial charge in [0.25, 0.3) is 0 Å². The van der Waals surface area contributed by atoms with E-state index in [9.17, 15) is 13.2 Å². The van der Waals surface area contributed by atoms with Crippen LogP contribution >= 0.6 is 0 Å². The first-order chi connectivity index (χ1) is 14.4. The van der Waals surface area contributed by atoms with Crippen LogP contribution in [-0.2, 0) is 14.8 Å². The number of aromatic nitrogens is 1. The lowest BCUT2D eigenvalue weighted by molar-refractivity contribution is 0.181. The minimum atomic E-state index is -3.76. The van der Waals surface area contributed by atoms with Crippen LogP contribution < -0.4 is 9.62 Å². The van der Waals surface area contributed by atoms with Gasteiger partial charge in [0.2, 0.25) is 10.0 Å². The smallest absolute Gasteiger partial charge is 0.414 e. The van der Waals surface area contributed by atoms with Crippen molar-refractivity contribution in [3.8, 4) is 11.8 Å². The highest BCUT2D eigenvalue weighted by Gasteiger charge is 2.23. The molecule has 2 heterocycles. The molecule has 1 aliphatic heterocycles. The first kappa shape index (κ1) is 19.9. The van der Waals surface area contributed by atoms with E-state index < -0.39 is 10.0 Å². The number of carbonyl (C=O) groups excluding carboxylic acids is 1. The van der Waals surface area contributed by atoms with Gasteiger partial charge in [-0.2, -0.15) is 4.72 Å². The Hall–Kier alpha value is -3.41. The van der Waals surface area contributed by atoms with Crippen molar-refractivity contribution in [2.75, 3.05) is 24.6 Å². The second kappa shape index (κ2) is 8.14. The minimum Gasteiger partial charge on any atom is -0.447 e. The number of carbonyl (C=O) groups is 1. The topological polar surface area (TPSA) is 88.6 Å². The van der Waals surface area contributed by atoms with Crippen LogP contribution in [0.25, 0.3) is 10.9 Å². The van der Waals surface area contributed by atoms with E-state index >= 15 is 0 Å². The molecular weight excluding hydrogens is 402 g/mol. The molecule has 1 saturated heterocycles. The van der Waals surface area contributed by atoms with Crippen molar-refractivity contribution < 1.29 is 17.9 Å². The monoisotopic (exact) mass is 421 g/mol. The summed E-state index contributed by atoms with van der Waals surface area (Å²) in [6.07, 6.45) is -0.360. The normalized spacial score (nSPS) is 13.8. The third-order valence-corrected chi connectivity index (χ3v) is 6.07. The Morgan fingerprint density at radius 1 is 1.13 bits per heavy atom.